The van der Waals surface area contributed by atoms with Crippen molar-refractivity contribution in [1.82, 2.24) is 0 Å². The maximum absolute atomic E-state index is 9.76. The molecule has 0 aromatic heterocycles. The minimum absolute atomic E-state index is 0. The van der Waals surface area contributed by atoms with Gasteiger partial charge in [0.2, 0.25) is 0 Å². The number of halogens is 1. The van der Waals surface area contributed by atoms with Crippen molar-refractivity contribution in [1.29, 1.82) is 0 Å². The molecule has 0 amide bonds. The third kappa shape index (κ3) is 9.44. The van der Waals surface area contributed by atoms with Crippen molar-refractivity contribution in [2.75, 3.05) is 0 Å². The summed E-state index contributed by atoms with van der Waals surface area (Å²) in [6.45, 7) is 1.75. The van der Waals surface area contributed by atoms with E-state index in [-0.39, 0.29) is 24.1 Å². The molecular weight excluding hydrogens is 148 g/mol. The van der Waals surface area contributed by atoms with Gasteiger partial charge in [-0.1, -0.05) is 6.92 Å². The highest BCUT2D eigenvalue weighted by molar-refractivity contribution is 7.80. The Morgan fingerprint density at radius 2 is 2.25 bits per heavy atom. The summed E-state index contributed by atoms with van der Waals surface area (Å²) in [6.07, 6.45) is 0.142. The lowest BCUT2D eigenvalue weighted by atomic mass is 10.3. The molecule has 0 aromatic carbocycles. The molecule has 0 fully saturated rings. The first-order valence-electron chi connectivity index (χ1n) is 2.03. The van der Waals surface area contributed by atoms with E-state index in [0.29, 0.717) is 0 Å². The summed E-state index contributed by atoms with van der Waals surface area (Å²) in [6, 6.07) is 0. The molecule has 1 atom stereocenters. The minimum Gasteiger partial charge on any atom is -0.481 e. The Morgan fingerprint density at radius 1 is 1.88 bits per heavy atom. The van der Waals surface area contributed by atoms with Crippen LogP contribution in [0.15, 0.2) is 0 Å². The number of carbonyl (C=O) groups is 1. The number of hydrogen-bond donors (Lipinski definition) is 2. The van der Waals surface area contributed by atoms with E-state index in [9.17, 15) is 4.79 Å². The highest BCUT2D eigenvalue weighted by atomic mass is 35.5. The molecule has 50 valence electrons. The van der Waals surface area contributed by atoms with E-state index >= 15 is 0 Å². The van der Waals surface area contributed by atoms with Gasteiger partial charge in [0.05, 0.1) is 6.42 Å². The number of carboxylic acids is 1. The standard InChI is InChI=1S/C4H8O2S.ClH/c1-3(7)2-4(5)6;/h3,7H,2H2,1H3,(H,5,6);1H. The van der Waals surface area contributed by atoms with Gasteiger partial charge in [-0.25, -0.2) is 0 Å². The number of aliphatic carboxylic acids is 1. The van der Waals surface area contributed by atoms with Crippen molar-refractivity contribution in [3.63, 3.8) is 0 Å². The van der Waals surface area contributed by atoms with Gasteiger partial charge >= 0.3 is 5.97 Å². The molecule has 0 aromatic rings. The van der Waals surface area contributed by atoms with Crippen LogP contribution in [0.4, 0.5) is 0 Å². The smallest absolute Gasteiger partial charge is 0.304 e. The normalized spacial score (nSPS) is 11.8. The summed E-state index contributed by atoms with van der Waals surface area (Å²) in [5, 5.41) is 8.00. The molecular formula is C4H9ClO2S. The van der Waals surface area contributed by atoms with Gasteiger partial charge in [0.1, 0.15) is 0 Å². The summed E-state index contributed by atoms with van der Waals surface area (Å²) >= 11 is 3.86. The van der Waals surface area contributed by atoms with Gasteiger partial charge in [-0.15, -0.1) is 12.4 Å². The second-order valence-corrected chi connectivity index (χ2v) is 2.33. The van der Waals surface area contributed by atoms with E-state index in [1.807, 2.05) is 0 Å². The Kier molecular flexibility index (Phi) is 7.21. The van der Waals surface area contributed by atoms with Crippen molar-refractivity contribution in [2.45, 2.75) is 18.6 Å². The molecule has 0 bridgehead atoms. The van der Waals surface area contributed by atoms with Crippen molar-refractivity contribution in [3.05, 3.63) is 0 Å². The summed E-state index contributed by atoms with van der Waals surface area (Å²) in [7, 11) is 0. The molecule has 1 unspecified atom stereocenters. The zero-order valence-electron chi connectivity index (χ0n) is 4.50. The SMILES string of the molecule is CC(S)CC(=O)O.Cl. The van der Waals surface area contributed by atoms with Gasteiger partial charge in [-0.3, -0.25) is 4.79 Å². The zero-order valence-corrected chi connectivity index (χ0v) is 6.21. The fourth-order valence-corrected chi connectivity index (χ4v) is 0.409. The summed E-state index contributed by atoms with van der Waals surface area (Å²) in [5.74, 6) is -0.789. The van der Waals surface area contributed by atoms with E-state index in [1.165, 1.54) is 0 Å². The van der Waals surface area contributed by atoms with Crippen molar-refractivity contribution in [2.24, 2.45) is 0 Å². The molecule has 0 heterocycles. The van der Waals surface area contributed by atoms with Crippen molar-refractivity contribution < 1.29 is 9.90 Å². The average molecular weight is 157 g/mol. The monoisotopic (exact) mass is 156 g/mol. The summed E-state index contributed by atoms with van der Waals surface area (Å²) in [5.41, 5.74) is 0. The third-order valence-corrected chi connectivity index (χ3v) is 0.653. The lowest BCUT2D eigenvalue weighted by molar-refractivity contribution is -0.136. The van der Waals surface area contributed by atoms with Gasteiger partial charge in [0.15, 0.2) is 0 Å². The third-order valence-electron chi connectivity index (χ3n) is 0.470. The van der Waals surface area contributed by atoms with Crippen molar-refractivity contribution in [3.8, 4) is 0 Å². The molecule has 4 heteroatoms. The predicted molar refractivity (Wildman–Crippen MR) is 37.9 cm³/mol. The van der Waals surface area contributed by atoms with Crippen LogP contribution in [0.5, 0.6) is 0 Å². The van der Waals surface area contributed by atoms with Gasteiger partial charge < -0.3 is 5.11 Å². The minimum atomic E-state index is -0.789. The van der Waals surface area contributed by atoms with E-state index in [2.05, 4.69) is 12.6 Å². The quantitative estimate of drug-likeness (QED) is 0.590. The summed E-state index contributed by atoms with van der Waals surface area (Å²) in [4.78, 5) is 9.76. The van der Waals surface area contributed by atoms with E-state index in [1.54, 1.807) is 6.92 Å². The molecule has 0 spiro atoms. The highest BCUT2D eigenvalue weighted by Crippen LogP contribution is 1.96. The molecule has 0 aliphatic carbocycles. The number of rotatable bonds is 2. The molecule has 0 saturated heterocycles. The van der Waals surface area contributed by atoms with Crippen LogP contribution in [0.2, 0.25) is 0 Å². The molecule has 0 rings (SSSR count). The Bertz CT molecular complexity index is 74.4. The molecule has 8 heavy (non-hydrogen) atoms. The first kappa shape index (κ1) is 11.0. The molecule has 1 N–H and O–H groups in total. The second kappa shape index (κ2) is 5.25. The number of hydrogen-bond acceptors (Lipinski definition) is 2. The predicted octanol–water partition coefficient (Wildman–Crippen LogP) is 1.20. The van der Waals surface area contributed by atoms with E-state index < -0.39 is 5.97 Å². The zero-order chi connectivity index (χ0) is 5.86. The van der Waals surface area contributed by atoms with Crippen LogP contribution in [0.25, 0.3) is 0 Å². The molecule has 0 aliphatic heterocycles. The Morgan fingerprint density at radius 3 is 2.25 bits per heavy atom. The van der Waals surface area contributed by atoms with Crippen LogP contribution >= 0.6 is 25.0 Å². The largest absolute Gasteiger partial charge is 0.481 e. The van der Waals surface area contributed by atoms with Crippen LogP contribution in [0.1, 0.15) is 13.3 Å². The first-order chi connectivity index (χ1) is 3.13. The Balaban J connectivity index is 0. The molecule has 2 nitrogen and oxygen atoms in total. The maximum atomic E-state index is 9.76. The maximum Gasteiger partial charge on any atom is 0.304 e. The second-order valence-electron chi connectivity index (χ2n) is 1.45. The summed E-state index contributed by atoms with van der Waals surface area (Å²) < 4.78 is 0. The highest BCUT2D eigenvalue weighted by Gasteiger charge is 1.99. The fourth-order valence-electron chi connectivity index (χ4n) is 0.253. The molecule has 0 aliphatic rings. The lowest BCUT2D eigenvalue weighted by Crippen LogP contribution is -2.01. The fraction of sp³-hybridized carbons (Fsp3) is 0.750. The first-order valence-corrected chi connectivity index (χ1v) is 2.54. The molecule has 0 radical (unpaired) electrons. The van der Waals surface area contributed by atoms with E-state index in [0.717, 1.165) is 0 Å². The van der Waals surface area contributed by atoms with Crippen molar-refractivity contribution >= 4 is 31.0 Å². The van der Waals surface area contributed by atoms with Gasteiger partial charge in [-0.05, 0) is 0 Å². The Labute approximate surface area is 60.1 Å². The number of thiol groups is 1. The van der Waals surface area contributed by atoms with Gasteiger partial charge in [-0.2, -0.15) is 12.6 Å². The van der Waals surface area contributed by atoms with Crippen LogP contribution in [0.3, 0.4) is 0 Å². The van der Waals surface area contributed by atoms with Gasteiger partial charge in [0, 0.05) is 5.25 Å². The van der Waals surface area contributed by atoms with E-state index in [4.69, 9.17) is 5.11 Å². The lowest BCUT2D eigenvalue weighted by Gasteiger charge is -1.93. The van der Waals surface area contributed by atoms with Gasteiger partial charge in [0.25, 0.3) is 0 Å². The topological polar surface area (TPSA) is 37.3 Å². The van der Waals surface area contributed by atoms with Crippen LogP contribution in [-0.4, -0.2) is 16.3 Å². The van der Waals surface area contributed by atoms with Crippen LogP contribution in [0, 0.1) is 0 Å². The number of carboxylic acid groups (broad SMARTS) is 1. The molecule has 0 saturated carbocycles. The average Bonchev–Trinajstić information content (AvgIpc) is 1.27. The van der Waals surface area contributed by atoms with Crippen LogP contribution in [-0.2, 0) is 4.79 Å². The Hall–Kier alpha value is 0.110. The van der Waals surface area contributed by atoms with Crippen LogP contribution < -0.4 is 0 Å².